The molecule has 1 aliphatic rings. The predicted molar refractivity (Wildman–Crippen MR) is 123 cm³/mol. The molecule has 2 heterocycles. The van der Waals surface area contributed by atoms with Crippen molar-refractivity contribution in [3.05, 3.63) is 45.3 Å². The fourth-order valence-electron chi connectivity index (χ4n) is 2.77. The Hall–Kier alpha value is -2.56. The molecule has 1 N–H and O–H groups in total. The van der Waals surface area contributed by atoms with E-state index in [0.717, 1.165) is 28.6 Å². The third-order valence-electron chi connectivity index (χ3n) is 4.47. The van der Waals surface area contributed by atoms with E-state index >= 15 is 0 Å². The van der Waals surface area contributed by atoms with Crippen molar-refractivity contribution in [2.45, 2.75) is 27.2 Å². The van der Waals surface area contributed by atoms with Crippen LogP contribution in [0.3, 0.4) is 0 Å². The van der Waals surface area contributed by atoms with Crippen LogP contribution in [0.2, 0.25) is 0 Å². The van der Waals surface area contributed by atoms with Gasteiger partial charge in [0, 0.05) is 18.8 Å². The lowest BCUT2D eigenvalue weighted by Crippen LogP contribution is -2.30. The second kappa shape index (κ2) is 9.07. The molecular weight excluding hydrogens is 442 g/mol. The number of aryl methyl sites for hydroxylation is 2. The van der Waals surface area contributed by atoms with E-state index in [-0.39, 0.29) is 24.8 Å². The first-order valence-electron chi connectivity index (χ1n) is 8.98. The van der Waals surface area contributed by atoms with E-state index in [4.69, 9.17) is 17.3 Å². The number of thioether (sulfide) groups is 1. The van der Waals surface area contributed by atoms with E-state index in [1.807, 2.05) is 32.0 Å². The van der Waals surface area contributed by atoms with Gasteiger partial charge in [-0.25, -0.2) is 4.98 Å². The minimum Gasteiger partial charge on any atom is -0.481 e. The predicted octanol–water partition coefficient (Wildman–Crippen LogP) is 4.12. The minimum absolute atomic E-state index is 0.0323. The van der Waals surface area contributed by atoms with Gasteiger partial charge in [-0.05, 0) is 43.2 Å². The van der Waals surface area contributed by atoms with Gasteiger partial charge in [-0.1, -0.05) is 30.0 Å². The molecule has 3 rings (SSSR count). The molecular formula is C20H19N3O4S3. The van der Waals surface area contributed by atoms with E-state index < -0.39 is 5.97 Å². The molecule has 0 aliphatic carbocycles. The fraction of sp³-hybridized carbons (Fsp3) is 0.250. The summed E-state index contributed by atoms with van der Waals surface area (Å²) in [6.07, 6.45) is 1.43. The molecule has 0 atom stereocenters. The van der Waals surface area contributed by atoms with Crippen LogP contribution >= 0.6 is 35.3 Å². The summed E-state index contributed by atoms with van der Waals surface area (Å²) in [5, 5.41) is 11.1. The molecule has 0 saturated carbocycles. The van der Waals surface area contributed by atoms with Gasteiger partial charge in [0.05, 0.1) is 22.7 Å². The lowest BCUT2D eigenvalue weighted by Gasteiger charge is -2.19. The second-order valence-electron chi connectivity index (χ2n) is 6.66. The van der Waals surface area contributed by atoms with Crippen molar-refractivity contribution >= 4 is 74.3 Å². The van der Waals surface area contributed by atoms with Crippen molar-refractivity contribution in [3.8, 4) is 0 Å². The number of carbonyl (C=O) groups is 3. The second-order valence-corrected chi connectivity index (χ2v) is 9.17. The van der Waals surface area contributed by atoms with Crippen LogP contribution < -0.4 is 4.90 Å². The standard InChI is InChI=1S/C20H19N3O4S3/c1-11-4-5-15(8-12(11)2)23(13(3)24)19-21-14(10-29-19)9-16-18(27)22(20(28)30-16)7-6-17(25)26/h4-5,8-10H,6-7H2,1-3H3,(H,25,26)/b16-9-. The Bertz CT molecular complexity index is 1080. The molecule has 156 valence electrons. The zero-order chi connectivity index (χ0) is 22.0. The zero-order valence-electron chi connectivity index (χ0n) is 16.5. The molecule has 30 heavy (non-hydrogen) atoms. The van der Waals surface area contributed by atoms with Crippen molar-refractivity contribution in [3.63, 3.8) is 0 Å². The summed E-state index contributed by atoms with van der Waals surface area (Å²) >= 11 is 7.60. The van der Waals surface area contributed by atoms with Gasteiger partial charge >= 0.3 is 5.97 Å². The molecule has 2 aromatic rings. The molecule has 1 aromatic heterocycles. The maximum atomic E-state index is 12.5. The Morgan fingerprint density at radius 3 is 2.67 bits per heavy atom. The first kappa shape index (κ1) is 22.1. The number of amides is 2. The highest BCUT2D eigenvalue weighted by molar-refractivity contribution is 8.26. The summed E-state index contributed by atoms with van der Waals surface area (Å²) in [4.78, 5) is 43.3. The smallest absolute Gasteiger partial charge is 0.305 e. The number of thiazole rings is 1. The van der Waals surface area contributed by atoms with E-state index in [0.29, 0.717) is 20.1 Å². The van der Waals surface area contributed by atoms with E-state index in [9.17, 15) is 14.4 Å². The third-order valence-corrected chi connectivity index (χ3v) is 6.69. The number of aromatic nitrogens is 1. The van der Waals surface area contributed by atoms with Gasteiger partial charge in [0.1, 0.15) is 4.32 Å². The number of benzene rings is 1. The van der Waals surface area contributed by atoms with Crippen LogP contribution in [0.1, 0.15) is 30.2 Å². The fourth-order valence-corrected chi connectivity index (χ4v) is 4.91. The van der Waals surface area contributed by atoms with Crippen LogP contribution in [0, 0.1) is 13.8 Å². The molecule has 7 nitrogen and oxygen atoms in total. The Morgan fingerprint density at radius 1 is 1.30 bits per heavy atom. The number of aliphatic carboxylic acids is 1. The number of carboxylic acids is 1. The van der Waals surface area contributed by atoms with E-state index in [1.165, 1.54) is 28.1 Å². The number of rotatable bonds is 6. The van der Waals surface area contributed by atoms with Gasteiger partial charge in [-0.2, -0.15) is 0 Å². The topological polar surface area (TPSA) is 90.8 Å². The number of nitrogens with zero attached hydrogens (tertiary/aromatic N) is 3. The SMILES string of the molecule is CC(=O)N(c1ccc(C)c(C)c1)c1nc(/C=C2\SC(=S)N(CCC(=O)O)C2=O)cs1. The number of hydrogen-bond donors (Lipinski definition) is 1. The number of carbonyl (C=O) groups excluding carboxylic acids is 2. The quantitative estimate of drug-likeness (QED) is 0.511. The van der Waals surface area contributed by atoms with Crippen LogP contribution in [-0.2, 0) is 14.4 Å². The highest BCUT2D eigenvalue weighted by Gasteiger charge is 2.32. The molecule has 1 saturated heterocycles. The van der Waals surface area contributed by atoms with Crippen LogP contribution in [0.5, 0.6) is 0 Å². The summed E-state index contributed by atoms with van der Waals surface area (Å²) in [7, 11) is 0. The monoisotopic (exact) mass is 461 g/mol. The molecule has 0 spiro atoms. The van der Waals surface area contributed by atoms with Crippen LogP contribution in [0.15, 0.2) is 28.5 Å². The highest BCUT2D eigenvalue weighted by Crippen LogP contribution is 2.35. The maximum absolute atomic E-state index is 12.5. The molecule has 10 heteroatoms. The normalized spacial score (nSPS) is 15.2. The number of anilines is 2. The van der Waals surface area contributed by atoms with Gasteiger partial charge in [0.15, 0.2) is 5.13 Å². The highest BCUT2D eigenvalue weighted by atomic mass is 32.2. The first-order chi connectivity index (χ1) is 14.2. The van der Waals surface area contributed by atoms with Crippen molar-refractivity contribution in [1.29, 1.82) is 0 Å². The van der Waals surface area contributed by atoms with Crippen LogP contribution in [-0.4, -0.2) is 43.6 Å². The average Bonchev–Trinajstić information content (AvgIpc) is 3.21. The van der Waals surface area contributed by atoms with E-state index in [2.05, 4.69) is 4.98 Å². The minimum atomic E-state index is -0.993. The zero-order valence-corrected chi connectivity index (χ0v) is 19.0. The lowest BCUT2D eigenvalue weighted by atomic mass is 10.1. The van der Waals surface area contributed by atoms with Gasteiger partial charge < -0.3 is 5.11 Å². The van der Waals surface area contributed by atoms with Crippen LogP contribution in [0.25, 0.3) is 6.08 Å². The molecule has 2 amide bonds. The summed E-state index contributed by atoms with van der Waals surface area (Å²) in [6, 6.07) is 5.77. The number of thiocarbonyl (C=S) groups is 1. The lowest BCUT2D eigenvalue weighted by molar-refractivity contribution is -0.137. The van der Waals surface area contributed by atoms with Crippen molar-refractivity contribution in [2.75, 3.05) is 11.4 Å². The van der Waals surface area contributed by atoms with Crippen LogP contribution in [0.4, 0.5) is 10.8 Å². The first-order valence-corrected chi connectivity index (χ1v) is 11.1. The van der Waals surface area contributed by atoms with Gasteiger partial charge in [-0.15, -0.1) is 11.3 Å². The molecule has 1 aromatic carbocycles. The Balaban J connectivity index is 1.85. The third kappa shape index (κ3) is 4.77. The van der Waals surface area contributed by atoms with Crippen molar-refractivity contribution in [2.24, 2.45) is 0 Å². The summed E-state index contributed by atoms with van der Waals surface area (Å²) < 4.78 is 0.323. The summed E-state index contributed by atoms with van der Waals surface area (Å²) in [5.74, 6) is -1.50. The average molecular weight is 462 g/mol. The van der Waals surface area contributed by atoms with E-state index in [1.54, 1.807) is 11.5 Å². The largest absolute Gasteiger partial charge is 0.481 e. The van der Waals surface area contributed by atoms with Crippen molar-refractivity contribution in [1.82, 2.24) is 9.88 Å². The Morgan fingerprint density at radius 2 is 2.03 bits per heavy atom. The molecule has 1 fully saturated rings. The molecule has 1 aliphatic heterocycles. The molecule has 0 unspecified atom stereocenters. The van der Waals surface area contributed by atoms with Gasteiger partial charge in [0.25, 0.3) is 5.91 Å². The maximum Gasteiger partial charge on any atom is 0.305 e. The van der Waals surface area contributed by atoms with Gasteiger partial charge in [0.2, 0.25) is 5.91 Å². The molecule has 0 radical (unpaired) electrons. The van der Waals surface area contributed by atoms with Gasteiger partial charge in [-0.3, -0.25) is 24.2 Å². The summed E-state index contributed by atoms with van der Waals surface area (Å²) in [6.45, 7) is 5.50. The number of carboxylic acid groups (broad SMARTS) is 1. The summed E-state index contributed by atoms with van der Waals surface area (Å²) in [5.41, 5.74) is 3.46. The Kier molecular flexibility index (Phi) is 6.69. The number of hydrogen-bond acceptors (Lipinski definition) is 7. The molecule has 0 bridgehead atoms. The Labute approximate surface area is 187 Å². The van der Waals surface area contributed by atoms with Crippen molar-refractivity contribution < 1.29 is 19.5 Å².